The van der Waals surface area contributed by atoms with Gasteiger partial charge in [0.1, 0.15) is 9.09 Å². The third-order valence-electron chi connectivity index (χ3n) is 2.76. The highest BCUT2D eigenvalue weighted by atomic mass is 79.9. The maximum absolute atomic E-state index is 12.2. The highest BCUT2D eigenvalue weighted by Gasteiger charge is 2.21. The second-order valence-corrected chi connectivity index (χ2v) is 8.26. The molecule has 0 aliphatic carbocycles. The summed E-state index contributed by atoms with van der Waals surface area (Å²) in [6.45, 7) is 1.73. The van der Waals surface area contributed by atoms with E-state index in [-0.39, 0.29) is 9.09 Å². The number of nitrogens with one attached hydrogen (secondary N) is 1. The SMILES string of the molecule is C[C@H](NS(=O)(=O)c1ccc(C(=O)O)s1)c1ccc(Br)cc1. The van der Waals surface area contributed by atoms with Crippen LogP contribution in [0.15, 0.2) is 45.1 Å². The van der Waals surface area contributed by atoms with Crippen molar-refractivity contribution in [3.05, 3.63) is 51.3 Å². The van der Waals surface area contributed by atoms with Gasteiger partial charge < -0.3 is 5.11 Å². The number of benzene rings is 1. The van der Waals surface area contributed by atoms with Gasteiger partial charge in [0.2, 0.25) is 0 Å². The monoisotopic (exact) mass is 389 g/mol. The fraction of sp³-hybridized carbons (Fsp3) is 0.154. The molecule has 2 rings (SSSR count). The van der Waals surface area contributed by atoms with Gasteiger partial charge in [-0.15, -0.1) is 11.3 Å². The van der Waals surface area contributed by atoms with Crippen LogP contribution in [-0.4, -0.2) is 19.5 Å². The van der Waals surface area contributed by atoms with E-state index in [1.807, 2.05) is 24.3 Å². The number of rotatable bonds is 5. The summed E-state index contributed by atoms with van der Waals surface area (Å²) in [7, 11) is -3.74. The minimum atomic E-state index is -3.74. The van der Waals surface area contributed by atoms with Crippen LogP contribution in [0.3, 0.4) is 0 Å². The van der Waals surface area contributed by atoms with Crippen LogP contribution in [0.5, 0.6) is 0 Å². The molecule has 0 saturated carbocycles. The summed E-state index contributed by atoms with van der Waals surface area (Å²) in [6, 6.07) is 9.44. The molecular formula is C13H12BrNO4S2. The minimum Gasteiger partial charge on any atom is -0.477 e. The molecule has 8 heteroatoms. The molecule has 0 radical (unpaired) electrons. The smallest absolute Gasteiger partial charge is 0.345 e. The highest BCUT2D eigenvalue weighted by Crippen LogP contribution is 2.24. The zero-order valence-corrected chi connectivity index (χ0v) is 14.1. The summed E-state index contributed by atoms with van der Waals surface area (Å²) in [6.07, 6.45) is 0. The number of carboxylic acids is 1. The predicted octanol–water partition coefficient (Wildman–Crippen LogP) is 3.25. The Balaban J connectivity index is 2.20. The van der Waals surface area contributed by atoms with Crippen LogP contribution < -0.4 is 4.72 Å². The molecule has 1 atom stereocenters. The number of aromatic carboxylic acids is 1. The van der Waals surface area contributed by atoms with Crippen LogP contribution >= 0.6 is 27.3 Å². The Hall–Kier alpha value is -1.22. The number of halogens is 1. The summed E-state index contributed by atoms with van der Waals surface area (Å²) in [5, 5.41) is 8.84. The van der Waals surface area contributed by atoms with Gasteiger partial charge in [-0.05, 0) is 36.8 Å². The number of carbonyl (C=O) groups is 1. The van der Waals surface area contributed by atoms with Crippen LogP contribution in [-0.2, 0) is 10.0 Å². The summed E-state index contributed by atoms with van der Waals surface area (Å²) >= 11 is 4.05. The van der Waals surface area contributed by atoms with E-state index in [0.29, 0.717) is 0 Å². The van der Waals surface area contributed by atoms with Gasteiger partial charge in [0.05, 0.1) is 0 Å². The quantitative estimate of drug-likeness (QED) is 0.821. The van der Waals surface area contributed by atoms with Crippen molar-refractivity contribution in [1.29, 1.82) is 0 Å². The molecule has 2 aromatic rings. The molecule has 1 aromatic carbocycles. The highest BCUT2D eigenvalue weighted by molar-refractivity contribution is 9.10. The fourth-order valence-electron chi connectivity index (χ4n) is 1.69. The zero-order valence-electron chi connectivity index (χ0n) is 10.9. The molecule has 0 aliphatic rings. The summed E-state index contributed by atoms with van der Waals surface area (Å²) < 4.78 is 27.9. The van der Waals surface area contributed by atoms with Crippen molar-refractivity contribution in [2.45, 2.75) is 17.2 Å². The molecule has 2 N–H and O–H groups in total. The molecule has 21 heavy (non-hydrogen) atoms. The van der Waals surface area contributed by atoms with E-state index in [1.54, 1.807) is 6.92 Å². The first-order valence-electron chi connectivity index (χ1n) is 5.90. The van der Waals surface area contributed by atoms with Crippen molar-refractivity contribution < 1.29 is 18.3 Å². The second kappa shape index (κ2) is 6.27. The summed E-state index contributed by atoms with van der Waals surface area (Å²) in [5.74, 6) is -1.14. The number of thiophene rings is 1. The van der Waals surface area contributed by atoms with Crippen LogP contribution in [0, 0.1) is 0 Å². The molecule has 0 amide bonds. The van der Waals surface area contributed by atoms with Crippen LogP contribution in [0.1, 0.15) is 28.2 Å². The van der Waals surface area contributed by atoms with Crippen LogP contribution in [0.25, 0.3) is 0 Å². The number of hydrogen-bond donors (Lipinski definition) is 2. The van der Waals surface area contributed by atoms with Gasteiger partial charge in [-0.25, -0.2) is 17.9 Å². The Labute approximate surface area is 134 Å². The lowest BCUT2D eigenvalue weighted by atomic mass is 10.1. The van der Waals surface area contributed by atoms with Gasteiger partial charge in [0.15, 0.2) is 0 Å². The van der Waals surface area contributed by atoms with E-state index in [1.165, 1.54) is 12.1 Å². The van der Waals surface area contributed by atoms with Crippen molar-refractivity contribution >= 4 is 43.3 Å². The zero-order chi connectivity index (χ0) is 15.6. The topological polar surface area (TPSA) is 83.5 Å². The normalized spacial score (nSPS) is 13.0. The average molecular weight is 390 g/mol. The first kappa shape index (κ1) is 16.2. The Kier molecular flexibility index (Phi) is 4.82. The molecule has 1 aromatic heterocycles. The average Bonchev–Trinajstić information content (AvgIpc) is 2.89. The number of sulfonamides is 1. The Bertz CT molecular complexity index is 753. The van der Waals surface area contributed by atoms with Crippen molar-refractivity contribution in [2.75, 3.05) is 0 Å². The third-order valence-corrected chi connectivity index (χ3v) is 6.39. The molecule has 0 bridgehead atoms. The molecule has 0 saturated heterocycles. The van der Waals surface area contributed by atoms with Gasteiger partial charge in [-0.1, -0.05) is 28.1 Å². The minimum absolute atomic E-state index is 0.00771. The lowest BCUT2D eigenvalue weighted by Gasteiger charge is -2.13. The summed E-state index contributed by atoms with van der Waals surface area (Å²) in [5.41, 5.74) is 0.816. The van der Waals surface area contributed by atoms with Crippen molar-refractivity contribution in [2.24, 2.45) is 0 Å². The third kappa shape index (κ3) is 3.91. The van der Waals surface area contributed by atoms with Crippen molar-refractivity contribution in [3.8, 4) is 0 Å². The number of carboxylic acid groups (broad SMARTS) is 1. The van der Waals surface area contributed by atoms with E-state index in [9.17, 15) is 13.2 Å². The maximum Gasteiger partial charge on any atom is 0.345 e. The Morgan fingerprint density at radius 3 is 2.38 bits per heavy atom. The van der Waals surface area contributed by atoms with E-state index < -0.39 is 22.0 Å². The first-order valence-corrected chi connectivity index (χ1v) is 9.00. The largest absolute Gasteiger partial charge is 0.477 e. The van der Waals surface area contributed by atoms with Gasteiger partial charge in [-0.3, -0.25) is 0 Å². The lowest BCUT2D eigenvalue weighted by Crippen LogP contribution is -2.26. The number of hydrogen-bond acceptors (Lipinski definition) is 4. The van der Waals surface area contributed by atoms with Crippen molar-refractivity contribution in [1.82, 2.24) is 4.72 Å². The molecule has 5 nitrogen and oxygen atoms in total. The first-order chi connectivity index (χ1) is 9.79. The van der Waals surface area contributed by atoms with E-state index in [2.05, 4.69) is 20.7 Å². The Morgan fingerprint density at radius 2 is 1.86 bits per heavy atom. The fourth-order valence-corrected chi connectivity index (χ4v) is 4.35. The Morgan fingerprint density at radius 1 is 1.24 bits per heavy atom. The molecule has 112 valence electrons. The lowest BCUT2D eigenvalue weighted by molar-refractivity contribution is 0.0702. The van der Waals surface area contributed by atoms with E-state index in [4.69, 9.17) is 5.11 Å². The molecule has 1 heterocycles. The standard InChI is InChI=1S/C13H12BrNO4S2/c1-8(9-2-4-10(14)5-3-9)15-21(18,19)12-7-6-11(20-12)13(16)17/h2-8,15H,1H3,(H,16,17)/t8-/m0/s1. The van der Waals surface area contributed by atoms with Crippen molar-refractivity contribution in [3.63, 3.8) is 0 Å². The molecular weight excluding hydrogens is 378 g/mol. The van der Waals surface area contributed by atoms with Crippen LogP contribution in [0.2, 0.25) is 0 Å². The second-order valence-electron chi connectivity index (χ2n) is 4.32. The van der Waals surface area contributed by atoms with Gasteiger partial charge >= 0.3 is 5.97 Å². The maximum atomic E-state index is 12.2. The molecule has 0 fully saturated rings. The van der Waals surface area contributed by atoms with E-state index in [0.717, 1.165) is 21.4 Å². The molecule has 0 aliphatic heterocycles. The molecule has 0 spiro atoms. The van der Waals surface area contributed by atoms with Gasteiger partial charge in [-0.2, -0.15) is 0 Å². The molecule has 0 unspecified atom stereocenters. The van der Waals surface area contributed by atoms with Crippen LogP contribution in [0.4, 0.5) is 0 Å². The predicted molar refractivity (Wildman–Crippen MR) is 84.2 cm³/mol. The van der Waals surface area contributed by atoms with E-state index >= 15 is 0 Å². The summed E-state index contributed by atoms with van der Waals surface area (Å²) in [4.78, 5) is 10.8. The van der Waals surface area contributed by atoms with Gasteiger partial charge in [0.25, 0.3) is 10.0 Å². The van der Waals surface area contributed by atoms with Gasteiger partial charge in [0, 0.05) is 10.5 Å².